The molecule has 0 unspecified atom stereocenters. The van der Waals surface area contributed by atoms with Crippen molar-refractivity contribution in [2.24, 2.45) is 0 Å². The number of amides is 2. The molecule has 0 aliphatic heterocycles. The predicted molar refractivity (Wildman–Crippen MR) is 107 cm³/mol. The molecule has 3 aromatic rings. The van der Waals surface area contributed by atoms with E-state index in [9.17, 15) is 14.4 Å². The second-order valence-corrected chi connectivity index (χ2v) is 6.38. The van der Waals surface area contributed by atoms with Crippen LogP contribution < -0.4 is 16.2 Å². The van der Waals surface area contributed by atoms with Gasteiger partial charge in [0.25, 0.3) is 5.91 Å². The minimum Gasteiger partial charge on any atom is -0.326 e. The fourth-order valence-corrected chi connectivity index (χ4v) is 3.00. The van der Waals surface area contributed by atoms with Gasteiger partial charge in [0.2, 0.25) is 11.5 Å². The van der Waals surface area contributed by atoms with E-state index in [0.717, 1.165) is 23.8 Å². The summed E-state index contributed by atoms with van der Waals surface area (Å²) in [7, 11) is 0. The highest BCUT2D eigenvalue weighted by Gasteiger charge is 2.09. The molecular weight excluding hydrogens is 342 g/mol. The number of fused-ring (bicyclic) bond motifs is 1. The van der Waals surface area contributed by atoms with Crippen LogP contribution in [0.1, 0.15) is 36.2 Å². The largest absolute Gasteiger partial charge is 0.326 e. The second-order valence-electron chi connectivity index (χ2n) is 6.38. The van der Waals surface area contributed by atoms with Crippen molar-refractivity contribution in [1.29, 1.82) is 0 Å². The Balaban J connectivity index is 1.82. The minimum atomic E-state index is -0.268. The average Bonchev–Trinajstić information content (AvgIpc) is 2.61. The van der Waals surface area contributed by atoms with Gasteiger partial charge in [-0.3, -0.25) is 14.4 Å². The molecule has 1 aromatic heterocycles. The zero-order valence-corrected chi connectivity index (χ0v) is 15.3. The maximum absolute atomic E-state index is 12.4. The van der Waals surface area contributed by atoms with E-state index in [1.165, 1.54) is 6.92 Å². The number of benzene rings is 2. The molecule has 0 aliphatic carbocycles. The Hall–Kier alpha value is -3.41. The van der Waals surface area contributed by atoms with Crippen molar-refractivity contribution < 1.29 is 9.59 Å². The van der Waals surface area contributed by atoms with Crippen molar-refractivity contribution in [3.05, 3.63) is 70.0 Å². The number of carbonyl (C=O) groups excluding carboxylic acids is 2. The van der Waals surface area contributed by atoms with Gasteiger partial charge in [0.1, 0.15) is 0 Å². The van der Waals surface area contributed by atoms with Crippen LogP contribution in [-0.2, 0) is 11.2 Å². The molecule has 138 valence electrons. The third-order valence-electron chi connectivity index (χ3n) is 4.17. The summed E-state index contributed by atoms with van der Waals surface area (Å²) in [6.45, 7) is 3.50. The zero-order valence-electron chi connectivity index (χ0n) is 15.3. The number of aromatic nitrogens is 1. The molecule has 0 saturated heterocycles. The Morgan fingerprint density at radius 1 is 0.963 bits per heavy atom. The van der Waals surface area contributed by atoms with Gasteiger partial charge in [-0.1, -0.05) is 19.4 Å². The number of H-pyrrole nitrogens is 1. The Morgan fingerprint density at radius 2 is 1.67 bits per heavy atom. The Kier molecular flexibility index (Phi) is 5.35. The van der Waals surface area contributed by atoms with Gasteiger partial charge < -0.3 is 15.6 Å². The molecule has 2 amide bonds. The van der Waals surface area contributed by atoms with E-state index in [-0.39, 0.29) is 17.4 Å². The first-order valence-electron chi connectivity index (χ1n) is 8.81. The maximum Gasteiger partial charge on any atom is 0.255 e. The molecule has 6 heteroatoms. The van der Waals surface area contributed by atoms with E-state index < -0.39 is 0 Å². The maximum atomic E-state index is 12.4. The lowest BCUT2D eigenvalue weighted by molar-refractivity contribution is -0.114. The molecule has 0 spiro atoms. The van der Waals surface area contributed by atoms with Crippen LogP contribution in [-0.4, -0.2) is 16.8 Å². The third kappa shape index (κ3) is 4.41. The van der Waals surface area contributed by atoms with Crippen LogP contribution in [0.2, 0.25) is 0 Å². The molecule has 0 radical (unpaired) electrons. The van der Waals surface area contributed by atoms with Gasteiger partial charge in [-0.05, 0) is 48.4 Å². The number of nitrogens with one attached hydrogen (secondary N) is 3. The van der Waals surface area contributed by atoms with Crippen LogP contribution in [0.5, 0.6) is 0 Å². The van der Waals surface area contributed by atoms with Crippen LogP contribution in [0.15, 0.2) is 53.3 Å². The Labute approximate surface area is 156 Å². The van der Waals surface area contributed by atoms with Crippen molar-refractivity contribution in [1.82, 2.24) is 4.98 Å². The van der Waals surface area contributed by atoms with E-state index >= 15 is 0 Å². The van der Waals surface area contributed by atoms with Gasteiger partial charge >= 0.3 is 0 Å². The molecule has 6 nitrogen and oxygen atoms in total. The van der Waals surface area contributed by atoms with Crippen LogP contribution in [0.4, 0.5) is 11.4 Å². The summed E-state index contributed by atoms with van der Waals surface area (Å²) in [5.41, 5.74) is 3.25. The zero-order chi connectivity index (χ0) is 19.4. The number of anilines is 2. The van der Waals surface area contributed by atoms with E-state index in [2.05, 4.69) is 22.5 Å². The Bertz CT molecular complexity index is 1050. The van der Waals surface area contributed by atoms with Gasteiger partial charge in [-0.25, -0.2) is 0 Å². The normalized spacial score (nSPS) is 10.6. The standard InChI is InChI=1S/C21H21N3O3/c1-3-4-15-11-20(26)24-19-12-17(9-10-18(15)19)23-21(27)14-5-7-16(8-6-14)22-13(2)25/h5-12H,3-4H2,1-2H3,(H,22,25)(H,23,27)(H,24,26). The topological polar surface area (TPSA) is 91.1 Å². The second kappa shape index (κ2) is 7.86. The fraction of sp³-hybridized carbons (Fsp3) is 0.190. The van der Waals surface area contributed by atoms with E-state index in [0.29, 0.717) is 22.5 Å². The van der Waals surface area contributed by atoms with Gasteiger partial charge in [0, 0.05) is 35.3 Å². The molecule has 3 N–H and O–H groups in total. The summed E-state index contributed by atoms with van der Waals surface area (Å²) >= 11 is 0. The summed E-state index contributed by atoms with van der Waals surface area (Å²) in [5.74, 6) is -0.435. The van der Waals surface area contributed by atoms with Crippen LogP contribution >= 0.6 is 0 Å². The molecular formula is C21H21N3O3. The molecule has 0 atom stereocenters. The highest BCUT2D eigenvalue weighted by Crippen LogP contribution is 2.21. The molecule has 3 rings (SSSR count). The summed E-state index contributed by atoms with van der Waals surface area (Å²) in [6, 6.07) is 13.7. The molecule has 0 fully saturated rings. The quantitative estimate of drug-likeness (QED) is 0.646. The highest BCUT2D eigenvalue weighted by molar-refractivity contribution is 6.05. The van der Waals surface area contributed by atoms with Gasteiger partial charge in [-0.15, -0.1) is 0 Å². The predicted octanol–water partition coefficient (Wildman–Crippen LogP) is 3.69. The highest BCUT2D eigenvalue weighted by atomic mass is 16.2. The van der Waals surface area contributed by atoms with Gasteiger partial charge in [0.05, 0.1) is 5.52 Å². The average molecular weight is 363 g/mol. The molecule has 0 saturated carbocycles. The van der Waals surface area contributed by atoms with Gasteiger partial charge in [0.15, 0.2) is 0 Å². The van der Waals surface area contributed by atoms with Crippen LogP contribution in [0.25, 0.3) is 10.9 Å². The van der Waals surface area contributed by atoms with Crippen LogP contribution in [0, 0.1) is 0 Å². The SMILES string of the molecule is CCCc1cc(=O)[nH]c2cc(NC(=O)c3ccc(NC(C)=O)cc3)ccc12. The molecule has 0 bridgehead atoms. The van der Waals surface area contributed by atoms with Crippen molar-refractivity contribution in [2.45, 2.75) is 26.7 Å². The van der Waals surface area contributed by atoms with Gasteiger partial charge in [-0.2, -0.15) is 0 Å². The number of rotatable bonds is 5. The smallest absolute Gasteiger partial charge is 0.255 e. The number of hydrogen-bond donors (Lipinski definition) is 3. The van der Waals surface area contributed by atoms with Crippen molar-refractivity contribution >= 4 is 34.1 Å². The number of carbonyl (C=O) groups is 2. The van der Waals surface area contributed by atoms with Crippen LogP contribution in [0.3, 0.4) is 0 Å². The summed E-state index contributed by atoms with van der Waals surface area (Å²) in [6.07, 6.45) is 1.78. The first-order valence-corrected chi connectivity index (χ1v) is 8.81. The van der Waals surface area contributed by atoms with Crippen molar-refractivity contribution in [2.75, 3.05) is 10.6 Å². The Morgan fingerprint density at radius 3 is 2.33 bits per heavy atom. The molecule has 0 aliphatic rings. The van der Waals surface area contributed by atoms with Crippen molar-refractivity contribution in [3.8, 4) is 0 Å². The molecule has 27 heavy (non-hydrogen) atoms. The summed E-state index contributed by atoms with van der Waals surface area (Å²) in [4.78, 5) is 38.2. The van der Waals surface area contributed by atoms with E-state index in [4.69, 9.17) is 0 Å². The monoisotopic (exact) mass is 363 g/mol. The van der Waals surface area contributed by atoms with E-state index in [1.54, 1.807) is 36.4 Å². The number of hydrogen-bond acceptors (Lipinski definition) is 3. The fourth-order valence-electron chi connectivity index (χ4n) is 3.00. The lowest BCUT2D eigenvalue weighted by atomic mass is 10.0. The molecule has 1 heterocycles. The lowest BCUT2D eigenvalue weighted by Gasteiger charge is -2.09. The minimum absolute atomic E-state index is 0.150. The van der Waals surface area contributed by atoms with E-state index in [1.807, 2.05) is 12.1 Å². The molecule has 2 aromatic carbocycles. The van der Waals surface area contributed by atoms with Crippen molar-refractivity contribution in [3.63, 3.8) is 0 Å². The first kappa shape index (κ1) is 18.4. The number of pyridine rings is 1. The third-order valence-corrected chi connectivity index (χ3v) is 4.17. The number of aryl methyl sites for hydroxylation is 1. The number of aromatic amines is 1. The summed E-state index contributed by atoms with van der Waals surface area (Å²) in [5, 5.41) is 6.47. The lowest BCUT2D eigenvalue weighted by Crippen LogP contribution is -2.13. The summed E-state index contributed by atoms with van der Waals surface area (Å²) < 4.78 is 0. The first-order chi connectivity index (χ1) is 13.0.